The molecule has 1 heterocycles. The Labute approximate surface area is 204 Å². The molecule has 2 aromatic carbocycles. The van der Waals surface area contributed by atoms with Crippen LogP contribution < -0.4 is 10.6 Å². The number of carbonyl (C=O) groups is 1. The Balaban J connectivity index is 1.47. The predicted octanol–water partition coefficient (Wildman–Crippen LogP) is 4.27. The normalized spacial score (nSPS) is 13.9. The Morgan fingerprint density at radius 3 is 2.56 bits per heavy atom. The fraction of sp³-hybridized carbons (Fsp3) is 0.375. The molecule has 0 saturated heterocycles. The van der Waals surface area contributed by atoms with Gasteiger partial charge in [0.05, 0.1) is 16.2 Å². The number of benzene rings is 2. The summed E-state index contributed by atoms with van der Waals surface area (Å²) in [5, 5.41) is 7.73. The Morgan fingerprint density at radius 1 is 1.12 bits per heavy atom. The van der Waals surface area contributed by atoms with Crippen molar-refractivity contribution in [3.05, 3.63) is 48.0 Å². The van der Waals surface area contributed by atoms with Crippen molar-refractivity contribution in [1.82, 2.24) is 14.3 Å². The molecule has 0 aliphatic heterocycles. The van der Waals surface area contributed by atoms with Gasteiger partial charge in [-0.2, -0.15) is 4.31 Å². The average molecular weight is 500 g/mol. The number of aryl methyl sites for hydroxylation is 1. The summed E-state index contributed by atoms with van der Waals surface area (Å²) in [4.78, 5) is 22.1. The number of sulfonamides is 1. The number of amides is 1. The average Bonchev–Trinajstić information content (AvgIpc) is 3.63. The molecule has 1 fully saturated rings. The van der Waals surface area contributed by atoms with E-state index in [2.05, 4.69) is 20.6 Å². The first-order valence-electron chi connectivity index (χ1n) is 11.4. The highest BCUT2D eigenvalue weighted by molar-refractivity contribution is 7.99. The molecular weight excluding hydrogens is 470 g/mol. The molecule has 1 amide bonds. The number of thioether (sulfide) groups is 1. The molecule has 8 nitrogen and oxygen atoms in total. The Bertz CT molecular complexity index is 1310. The molecule has 0 bridgehead atoms. The number of fused-ring (bicyclic) bond motifs is 1. The van der Waals surface area contributed by atoms with Gasteiger partial charge in [-0.3, -0.25) is 4.79 Å². The Morgan fingerprint density at radius 2 is 1.85 bits per heavy atom. The topological polar surface area (TPSA) is 104 Å². The van der Waals surface area contributed by atoms with Gasteiger partial charge in [0.25, 0.3) is 0 Å². The van der Waals surface area contributed by atoms with E-state index < -0.39 is 10.0 Å². The van der Waals surface area contributed by atoms with E-state index >= 15 is 0 Å². The molecule has 3 aromatic rings. The largest absolute Gasteiger partial charge is 0.367 e. The zero-order chi connectivity index (χ0) is 24.3. The van der Waals surface area contributed by atoms with E-state index in [1.807, 2.05) is 24.3 Å². The minimum absolute atomic E-state index is 0.104. The number of rotatable bonds is 10. The summed E-state index contributed by atoms with van der Waals surface area (Å²) in [6, 6.07) is 13.2. The van der Waals surface area contributed by atoms with Crippen molar-refractivity contribution in [1.29, 1.82) is 0 Å². The lowest BCUT2D eigenvalue weighted by atomic mass is 10.2. The van der Waals surface area contributed by atoms with Crippen molar-refractivity contribution in [2.24, 2.45) is 0 Å². The van der Waals surface area contributed by atoms with Crippen LogP contribution in [-0.2, 0) is 14.8 Å². The third-order valence-electron chi connectivity index (χ3n) is 5.63. The van der Waals surface area contributed by atoms with Crippen molar-refractivity contribution in [3.8, 4) is 0 Å². The summed E-state index contributed by atoms with van der Waals surface area (Å²) in [6.07, 6.45) is 2.26. The molecule has 0 spiro atoms. The number of hydrogen-bond donors (Lipinski definition) is 2. The highest BCUT2D eigenvalue weighted by Crippen LogP contribution is 2.30. The van der Waals surface area contributed by atoms with E-state index in [4.69, 9.17) is 0 Å². The number of nitrogens with zero attached hydrogens (tertiary/aromatic N) is 3. The van der Waals surface area contributed by atoms with E-state index in [1.54, 1.807) is 32.9 Å². The first-order valence-corrected chi connectivity index (χ1v) is 13.8. The maximum atomic E-state index is 13.0. The number of anilines is 2. The Hall–Kier alpha value is -2.69. The van der Waals surface area contributed by atoms with Crippen LogP contribution in [0.3, 0.4) is 0 Å². The van der Waals surface area contributed by atoms with E-state index in [1.165, 1.54) is 22.1 Å². The lowest BCUT2D eigenvalue weighted by Crippen LogP contribution is -2.31. The van der Waals surface area contributed by atoms with Gasteiger partial charge in [0.15, 0.2) is 5.16 Å². The van der Waals surface area contributed by atoms with Crippen molar-refractivity contribution in [2.75, 3.05) is 29.5 Å². The fourth-order valence-electron chi connectivity index (χ4n) is 3.64. The molecule has 4 rings (SSSR count). The standard InChI is InChI=1S/C24H29N5O3S2/c1-4-29(5-2)34(31,32)21-14-18(11-10-16(21)3)25-22(30)15-33-24-27-20-9-7-6-8-19(20)23(28-24)26-17-12-13-17/h6-11,14,17H,4-5,12-13,15H2,1-3H3,(H,25,30)(H,26,27,28). The molecule has 1 aliphatic carbocycles. The number of para-hydroxylation sites is 1. The van der Waals surface area contributed by atoms with Crippen LogP contribution in [0.4, 0.5) is 11.5 Å². The molecule has 34 heavy (non-hydrogen) atoms. The van der Waals surface area contributed by atoms with Gasteiger partial charge >= 0.3 is 0 Å². The molecular formula is C24H29N5O3S2. The first kappa shape index (κ1) is 24.4. The third-order valence-corrected chi connectivity index (χ3v) is 8.67. The van der Waals surface area contributed by atoms with Crippen molar-refractivity contribution >= 4 is 50.1 Å². The van der Waals surface area contributed by atoms with E-state index in [9.17, 15) is 13.2 Å². The van der Waals surface area contributed by atoms with Gasteiger partial charge in [-0.15, -0.1) is 0 Å². The van der Waals surface area contributed by atoms with Crippen LogP contribution in [0.15, 0.2) is 52.5 Å². The molecule has 0 unspecified atom stereocenters. The molecule has 1 aliphatic rings. The predicted molar refractivity (Wildman–Crippen MR) is 137 cm³/mol. The number of nitrogens with one attached hydrogen (secondary N) is 2. The smallest absolute Gasteiger partial charge is 0.243 e. The van der Waals surface area contributed by atoms with Gasteiger partial charge in [0.1, 0.15) is 5.82 Å². The molecule has 180 valence electrons. The minimum atomic E-state index is -3.63. The van der Waals surface area contributed by atoms with Gasteiger partial charge in [0.2, 0.25) is 15.9 Å². The zero-order valence-corrected chi connectivity index (χ0v) is 21.2. The molecule has 2 N–H and O–H groups in total. The molecule has 0 atom stereocenters. The van der Waals surface area contributed by atoms with Crippen LogP contribution in [-0.4, -0.2) is 53.5 Å². The summed E-state index contributed by atoms with van der Waals surface area (Å²) in [5.74, 6) is 0.641. The summed E-state index contributed by atoms with van der Waals surface area (Å²) in [7, 11) is -3.63. The van der Waals surface area contributed by atoms with Crippen LogP contribution in [0.2, 0.25) is 0 Å². The summed E-state index contributed by atoms with van der Waals surface area (Å²) in [5.41, 5.74) is 1.91. The molecule has 1 aromatic heterocycles. The van der Waals surface area contributed by atoms with Gasteiger partial charge in [-0.25, -0.2) is 18.4 Å². The fourth-order valence-corrected chi connectivity index (χ4v) is 6.00. The van der Waals surface area contributed by atoms with Gasteiger partial charge in [-0.1, -0.05) is 43.8 Å². The van der Waals surface area contributed by atoms with Crippen LogP contribution in [0.25, 0.3) is 10.9 Å². The maximum absolute atomic E-state index is 13.0. The van der Waals surface area contributed by atoms with Crippen LogP contribution in [0, 0.1) is 6.92 Å². The van der Waals surface area contributed by atoms with Gasteiger partial charge in [0, 0.05) is 30.2 Å². The van der Waals surface area contributed by atoms with Crippen molar-refractivity contribution in [2.45, 2.75) is 49.7 Å². The molecule has 1 saturated carbocycles. The SMILES string of the molecule is CCN(CC)S(=O)(=O)c1cc(NC(=O)CSc2nc(NC3CC3)c3ccccc3n2)ccc1C. The monoisotopic (exact) mass is 499 g/mol. The molecule has 0 radical (unpaired) electrons. The first-order chi connectivity index (χ1) is 16.3. The van der Waals surface area contributed by atoms with Crippen molar-refractivity contribution < 1.29 is 13.2 Å². The van der Waals surface area contributed by atoms with Gasteiger partial charge < -0.3 is 10.6 Å². The second kappa shape index (κ2) is 10.3. The summed E-state index contributed by atoms with van der Waals surface area (Å²) in [6.45, 7) is 6.13. The number of hydrogen-bond acceptors (Lipinski definition) is 7. The Kier molecular flexibility index (Phi) is 7.39. The number of aromatic nitrogens is 2. The second-order valence-corrected chi connectivity index (χ2v) is 11.0. The van der Waals surface area contributed by atoms with Crippen molar-refractivity contribution in [3.63, 3.8) is 0 Å². The second-order valence-electron chi connectivity index (χ2n) is 8.20. The van der Waals surface area contributed by atoms with Crippen LogP contribution in [0.1, 0.15) is 32.3 Å². The van der Waals surface area contributed by atoms with E-state index in [0.717, 1.165) is 29.6 Å². The van der Waals surface area contributed by atoms with E-state index in [0.29, 0.717) is 35.5 Å². The molecule has 10 heteroatoms. The lowest BCUT2D eigenvalue weighted by Gasteiger charge is -2.20. The van der Waals surface area contributed by atoms with Gasteiger partial charge in [-0.05, 0) is 49.6 Å². The minimum Gasteiger partial charge on any atom is -0.367 e. The van der Waals surface area contributed by atoms with E-state index in [-0.39, 0.29) is 16.6 Å². The lowest BCUT2D eigenvalue weighted by molar-refractivity contribution is -0.113. The summed E-state index contributed by atoms with van der Waals surface area (Å²) >= 11 is 1.25. The highest BCUT2D eigenvalue weighted by atomic mass is 32.2. The maximum Gasteiger partial charge on any atom is 0.243 e. The zero-order valence-electron chi connectivity index (χ0n) is 19.5. The highest BCUT2D eigenvalue weighted by Gasteiger charge is 2.25. The van der Waals surface area contributed by atoms with Crippen LogP contribution in [0.5, 0.6) is 0 Å². The third kappa shape index (κ3) is 5.51. The van der Waals surface area contributed by atoms with Crippen LogP contribution >= 0.6 is 11.8 Å². The number of carbonyl (C=O) groups excluding carboxylic acids is 1. The summed E-state index contributed by atoms with van der Waals surface area (Å²) < 4.78 is 27.3. The quantitative estimate of drug-likeness (QED) is 0.317.